The van der Waals surface area contributed by atoms with Crippen LogP contribution in [0.1, 0.15) is 48.6 Å². The second-order valence-corrected chi connectivity index (χ2v) is 7.31. The SMILES string of the molecule is CCC(C)c1cc(C)n2nc(-c3cc(C)c(OC(F)F)cc3C)n(C)c(=O)c12. The fourth-order valence-electron chi connectivity index (χ4n) is 3.50. The van der Waals surface area contributed by atoms with Gasteiger partial charge in [0.05, 0.1) is 0 Å². The molecule has 0 N–H and O–H groups in total. The maximum absolute atomic E-state index is 13.2. The molecule has 0 radical (unpaired) electrons. The summed E-state index contributed by atoms with van der Waals surface area (Å²) >= 11 is 0. The van der Waals surface area contributed by atoms with Gasteiger partial charge in [-0.05, 0) is 68.0 Å². The molecular formula is C21H25F2N3O2. The van der Waals surface area contributed by atoms with E-state index in [0.29, 0.717) is 28.0 Å². The second kappa shape index (κ2) is 7.37. The Morgan fingerprint density at radius 1 is 1.14 bits per heavy atom. The summed E-state index contributed by atoms with van der Waals surface area (Å²) in [6, 6.07) is 5.30. The number of aryl methyl sites for hydroxylation is 3. The van der Waals surface area contributed by atoms with Crippen LogP contribution < -0.4 is 10.3 Å². The van der Waals surface area contributed by atoms with E-state index in [-0.39, 0.29) is 17.2 Å². The van der Waals surface area contributed by atoms with E-state index in [4.69, 9.17) is 5.10 Å². The van der Waals surface area contributed by atoms with E-state index < -0.39 is 6.61 Å². The summed E-state index contributed by atoms with van der Waals surface area (Å²) in [5, 5.41) is 4.73. The molecule has 150 valence electrons. The molecule has 2 heterocycles. The van der Waals surface area contributed by atoms with Crippen molar-refractivity contribution in [3.63, 3.8) is 0 Å². The van der Waals surface area contributed by atoms with Crippen LogP contribution in [0, 0.1) is 20.8 Å². The van der Waals surface area contributed by atoms with Crippen molar-refractivity contribution in [2.45, 2.75) is 53.6 Å². The first-order valence-electron chi connectivity index (χ1n) is 9.31. The van der Waals surface area contributed by atoms with E-state index in [0.717, 1.165) is 17.7 Å². The minimum absolute atomic E-state index is 0.124. The summed E-state index contributed by atoms with van der Waals surface area (Å²) in [6.07, 6.45) is 0.925. The third kappa shape index (κ3) is 3.30. The molecule has 1 aromatic carbocycles. The number of halogens is 2. The van der Waals surface area contributed by atoms with Crippen molar-refractivity contribution in [1.82, 2.24) is 14.2 Å². The predicted molar refractivity (Wildman–Crippen MR) is 105 cm³/mol. The summed E-state index contributed by atoms with van der Waals surface area (Å²) in [7, 11) is 1.69. The first-order chi connectivity index (χ1) is 13.1. The number of ether oxygens (including phenoxy) is 1. The molecule has 0 amide bonds. The third-order valence-electron chi connectivity index (χ3n) is 5.33. The Kier molecular flexibility index (Phi) is 5.28. The van der Waals surface area contributed by atoms with E-state index in [2.05, 4.69) is 18.6 Å². The summed E-state index contributed by atoms with van der Waals surface area (Å²) in [6.45, 7) is 6.70. The molecule has 2 aromatic heterocycles. The van der Waals surface area contributed by atoms with Gasteiger partial charge < -0.3 is 4.74 Å². The highest BCUT2D eigenvalue weighted by atomic mass is 19.3. The highest BCUT2D eigenvalue weighted by Crippen LogP contribution is 2.31. The quantitative estimate of drug-likeness (QED) is 0.633. The van der Waals surface area contributed by atoms with Crippen LogP contribution in [0.5, 0.6) is 5.75 Å². The Morgan fingerprint density at radius 2 is 1.82 bits per heavy atom. The molecule has 1 atom stereocenters. The predicted octanol–water partition coefficient (Wildman–Crippen LogP) is 4.74. The van der Waals surface area contributed by atoms with E-state index in [9.17, 15) is 13.6 Å². The normalized spacial score (nSPS) is 12.8. The lowest BCUT2D eigenvalue weighted by Gasteiger charge is -2.15. The molecule has 0 aliphatic carbocycles. The number of alkyl halides is 2. The third-order valence-corrected chi connectivity index (χ3v) is 5.33. The van der Waals surface area contributed by atoms with Crippen molar-refractivity contribution in [3.05, 3.63) is 50.9 Å². The molecule has 3 aromatic rings. The minimum Gasteiger partial charge on any atom is -0.435 e. The highest BCUT2D eigenvalue weighted by Gasteiger charge is 2.20. The maximum Gasteiger partial charge on any atom is 0.387 e. The Morgan fingerprint density at radius 3 is 2.43 bits per heavy atom. The van der Waals surface area contributed by atoms with Gasteiger partial charge in [-0.15, -0.1) is 5.10 Å². The lowest BCUT2D eigenvalue weighted by Crippen LogP contribution is -2.24. The molecule has 5 nitrogen and oxygen atoms in total. The first-order valence-corrected chi connectivity index (χ1v) is 9.31. The molecule has 0 saturated heterocycles. The van der Waals surface area contributed by atoms with Crippen LogP contribution in [0.3, 0.4) is 0 Å². The molecule has 1 unspecified atom stereocenters. The Balaban J connectivity index is 2.26. The Labute approximate surface area is 162 Å². The van der Waals surface area contributed by atoms with Crippen molar-refractivity contribution in [1.29, 1.82) is 0 Å². The number of benzene rings is 1. The van der Waals surface area contributed by atoms with E-state index in [1.807, 2.05) is 13.0 Å². The van der Waals surface area contributed by atoms with Gasteiger partial charge in [0.25, 0.3) is 5.56 Å². The minimum atomic E-state index is -2.88. The van der Waals surface area contributed by atoms with E-state index in [1.54, 1.807) is 37.5 Å². The Bertz CT molecular complexity index is 1100. The van der Waals surface area contributed by atoms with Gasteiger partial charge in [0.1, 0.15) is 11.3 Å². The van der Waals surface area contributed by atoms with E-state index in [1.165, 1.54) is 4.57 Å². The lowest BCUT2D eigenvalue weighted by molar-refractivity contribution is -0.0503. The van der Waals surface area contributed by atoms with Gasteiger partial charge in [0, 0.05) is 18.3 Å². The highest BCUT2D eigenvalue weighted by molar-refractivity contribution is 5.66. The monoisotopic (exact) mass is 389 g/mol. The molecule has 7 heteroatoms. The zero-order valence-corrected chi connectivity index (χ0v) is 17.0. The van der Waals surface area contributed by atoms with Crippen LogP contribution in [-0.2, 0) is 7.05 Å². The standard InChI is InChI=1S/C21H25F2N3O2/c1-7-11(2)15-10-14(5)26-18(15)20(27)25(6)19(24-26)16-8-13(4)17(9-12(16)3)28-21(22)23/h8-11,21H,7H2,1-6H3. The molecule has 0 aliphatic rings. The summed E-state index contributed by atoms with van der Waals surface area (Å²) in [4.78, 5) is 13.2. The number of hydrogen-bond acceptors (Lipinski definition) is 3. The average molecular weight is 389 g/mol. The number of aromatic nitrogens is 3. The molecule has 0 spiro atoms. The fraction of sp³-hybridized carbons (Fsp3) is 0.429. The summed E-state index contributed by atoms with van der Waals surface area (Å²) in [5.74, 6) is 0.855. The lowest BCUT2D eigenvalue weighted by atomic mass is 10.00. The Hall–Kier alpha value is -2.70. The maximum atomic E-state index is 13.2. The first kappa shape index (κ1) is 20.0. The van der Waals surface area contributed by atoms with Crippen molar-refractivity contribution in [2.24, 2.45) is 7.05 Å². The van der Waals surface area contributed by atoms with Crippen LogP contribution in [-0.4, -0.2) is 20.8 Å². The van der Waals surface area contributed by atoms with Crippen LogP contribution in [0.15, 0.2) is 23.0 Å². The van der Waals surface area contributed by atoms with Crippen LogP contribution in [0.2, 0.25) is 0 Å². The van der Waals surface area contributed by atoms with Crippen molar-refractivity contribution >= 4 is 5.52 Å². The smallest absolute Gasteiger partial charge is 0.387 e. The van der Waals surface area contributed by atoms with E-state index >= 15 is 0 Å². The van der Waals surface area contributed by atoms with Gasteiger partial charge >= 0.3 is 6.61 Å². The number of fused-ring (bicyclic) bond motifs is 1. The van der Waals surface area contributed by atoms with Gasteiger partial charge in [0.2, 0.25) is 0 Å². The number of rotatable bonds is 5. The fourth-order valence-corrected chi connectivity index (χ4v) is 3.50. The van der Waals surface area contributed by atoms with Gasteiger partial charge in [-0.3, -0.25) is 9.36 Å². The molecule has 3 rings (SSSR count). The van der Waals surface area contributed by atoms with Crippen molar-refractivity contribution in [2.75, 3.05) is 0 Å². The second-order valence-electron chi connectivity index (χ2n) is 7.31. The number of nitrogens with zero attached hydrogens (tertiary/aromatic N) is 3. The van der Waals surface area contributed by atoms with Crippen LogP contribution >= 0.6 is 0 Å². The molecule has 28 heavy (non-hydrogen) atoms. The van der Waals surface area contributed by atoms with Gasteiger partial charge in [-0.2, -0.15) is 8.78 Å². The topological polar surface area (TPSA) is 48.5 Å². The van der Waals surface area contributed by atoms with Gasteiger partial charge in [0.15, 0.2) is 5.82 Å². The zero-order valence-electron chi connectivity index (χ0n) is 17.0. The number of hydrogen-bond donors (Lipinski definition) is 0. The van der Waals surface area contributed by atoms with Crippen molar-refractivity contribution < 1.29 is 13.5 Å². The molecule has 0 saturated carbocycles. The van der Waals surface area contributed by atoms with Crippen LogP contribution in [0.4, 0.5) is 8.78 Å². The molecular weight excluding hydrogens is 364 g/mol. The summed E-state index contributed by atoms with van der Waals surface area (Å²) in [5.41, 5.74) is 4.31. The molecule has 0 aliphatic heterocycles. The zero-order chi connectivity index (χ0) is 20.7. The molecule has 0 bridgehead atoms. The molecule has 0 fully saturated rings. The van der Waals surface area contributed by atoms with Crippen LogP contribution in [0.25, 0.3) is 16.9 Å². The van der Waals surface area contributed by atoms with Gasteiger partial charge in [-0.25, -0.2) is 4.52 Å². The average Bonchev–Trinajstić information content (AvgIpc) is 2.96. The largest absolute Gasteiger partial charge is 0.435 e. The summed E-state index contributed by atoms with van der Waals surface area (Å²) < 4.78 is 33.0. The van der Waals surface area contributed by atoms with Crippen molar-refractivity contribution in [3.8, 4) is 17.1 Å². The van der Waals surface area contributed by atoms with Gasteiger partial charge in [-0.1, -0.05) is 13.8 Å².